The van der Waals surface area contributed by atoms with Crippen molar-refractivity contribution in [1.82, 2.24) is 10.6 Å². The molecule has 0 radical (unpaired) electrons. The first-order valence-electron chi connectivity index (χ1n) is 10.7. The molecule has 1 saturated carbocycles. The van der Waals surface area contributed by atoms with Gasteiger partial charge in [0.2, 0.25) is 0 Å². The Hall–Kier alpha value is -1.76. The quantitative estimate of drug-likeness (QED) is 0.343. The zero-order valence-corrected chi connectivity index (χ0v) is 19.1. The summed E-state index contributed by atoms with van der Waals surface area (Å²) in [6.45, 7) is 5.45. The fourth-order valence-corrected chi connectivity index (χ4v) is 5.13. The van der Waals surface area contributed by atoms with E-state index in [9.17, 15) is 4.21 Å². The van der Waals surface area contributed by atoms with Crippen LogP contribution in [-0.4, -0.2) is 54.5 Å². The highest BCUT2D eigenvalue weighted by atomic mass is 32.2. The summed E-state index contributed by atoms with van der Waals surface area (Å²) >= 11 is 0. The monoisotopic (exact) mass is 423 g/mol. The molecule has 2 N–H and O–H groups in total. The minimum atomic E-state index is -0.705. The Balaban J connectivity index is 1.77. The highest BCUT2D eigenvalue weighted by Gasteiger charge is 2.25. The Morgan fingerprint density at radius 2 is 2.10 bits per heavy atom. The third-order valence-electron chi connectivity index (χ3n) is 5.31. The van der Waals surface area contributed by atoms with Crippen molar-refractivity contribution < 1.29 is 13.7 Å². The van der Waals surface area contributed by atoms with Crippen LogP contribution in [0.5, 0.6) is 11.5 Å². The molecular formula is C22H37N3O3S. The van der Waals surface area contributed by atoms with Crippen LogP contribution in [0.25, 0.3) is 0 Å². The highest BCUT2D eigenvalue weighted by molar-refractivity contribution is 7.85. The molecule has 6 nitrogen and oxygen atoms in total. The maximum atomic E-state index is 12.1. The predicted molar refractivity (Wildman–Crippen MR) is 122 cm³/mol. The van der Waals surface area contributed by atoms with Crippen molar-refractivity contribution in [2.75, 3.05) is 33.1 Å². The molecule has 7 heteroatoms. The van der Waals surface area contributed by atoms with Gasteiger partial charge >= 0.3 is 0 Å². The van der Waals surface area contributed by atoms with Gasteiger partial charge in [-0.3, -0.25) is 9.20 Å². The molecule has 0 aromatic heterocycles. The van der Waals surface area contributed by atoms with Gasteiger partial charge < -0.3 is 20.1 Å². The van der Waals surface area contributed by atoms with Crippen molar-refractivity contribution in [1.29, 1.82) is 0 Å². The van der Waals surface area contributed by atoms with Crippen LogP contribution < -0.4 is 20.1 Å². The van der Waals surface area contributed by atoms with Gasteiger partial charge in [0.1, 0.15) is 0 Å². The van der Waals surface area contributed by atoms with E-state index in [0.29, 0.717) is 17.9 Å². The summed E-state index contributed by atoms with van der Waals surface area (Å²) in [4.78, 5) is 4.36. The van der Waals surface area contributed by atoms with Gasteiger partial charge in [0.15, 0.2) is 17.5 Å². The van der Waals surface area contributed by atoms with Crippen molar-refractivity contribution in [2.45, 2.75) is 63.7 Å². The summed E-state index contributed by atoms with van der Waals surface area (Å²) in [6.07, 6.45) is 6.24. The lowest BCUT2D eigenvalue weighted by atomic mass is 9.95. The Morgan fingerprint density at radius 3 is 2.79 bits per heavy atom. The molecule has 1 aliphatic rings. The minimum absolute atomic E-state index is 0.318. The molecule has 2 rings (SSSR count). The number of ether oxygens (including phenoxy) is 2. The molecule has 0 bridgehead atoms. The predicted octanol–water partition coefficient (Wildman–Crippen LogP) is 3.27. The summed E-state index contributed by atoms with van der Waals surface area (Å²) in [5, 5.41) is 7.25. The minimum Gasteiger partial charge on any atom is -0.493 e. The van der Waals surface area contributed by atoms with Gasteiger partial charge in [-0.15, -0.1) is 0 Å². The van der Waals surface area contributed by atoms with E-state index in [4.69, 9.17) is 9.47 Å². The lowest BCUT2D eigenvalue weighted by Crippen LogP contribution is -2.46. The number of hydrogen-bond donors (Lipinski definition) is 2. The molecule has 1 aromatic carbocycles. The molecule has 1 fully saturated rings. The van der Waals surface area contributed by atoms with Crippen molar-refractivity contribution in [3.05, 3.63) is 23.8 Å². The molecule has 29 heavy (non-hydrogen) atoms. The summed E-state index contributed by atoms with van der Waals surface area (Å²) in [5.41, 5.74) is 1.23. The molecule has 0 heterocycles. The Labute approximate surface area is 178 Å². The van der Waals surface area contributed by atoms with E-state index >= 15 is 0 Å². The molecule has 0 aliphatic heterocycles. The maximum absolute atomic E-state index is 12.1. The third-order valence-corrected chi connectivity index (χ3v) is 7.05. The molecular weight excluding hydrogens is 386 g/mol. The number of aliphatic imine (C=N–C) groups is 1. The largest absolute Gasteiger partial charge is 0.493 e. The van der Waals surface area contributed by atoms with Gasteiger partial charge in [-0.2, -0.15) is 0 Å². The van der Waals surface area contributed by atoms with Crippen LogP contribution in [0.4, 0.5) is 0 Å². The van der Waals surface area contributed by atoms with E-state index < -0.39 is 10.8 Å². The Kier molecular flexibility index (Phi) is 10.3. The van der Waals surface area contributed by atoms with Gasteiger partial charge in [-0.1, -0.05) is 19.4 Å². The zero-order valence-electron chi connectivity index (χ0n) is 18.3. The number of benzene rings is 1. The van der Waals surface area contributed by atoms with Crippen LogP contribution in [0.15, 0.2) is 23.2 Å². The standard InChI is InChI=1S/C22H37N3O3S/c1-5-28-21-15-17(12-13-20(21)27-4)9-8-14-24-22(23-3)25-18-10-7-11-19(16-18)29(26)6-2/h12-13,15,18-19H,5-11,14,16H2,1-4H3,(H2,23,24,25). The molecule has 0 spiro atoms. The van der Waals surface area contributed by atoms with Crippen LogP contribution in [0.1, 0.15) is 51.5 Å². The van der Waals surface area contributed by atoms with E-state index in [-0.39, 0.29) is 0 Å². The van der Waals surface area contributed by atoms with Crippen LogP contribution in [0.2, 0.25) is 0 Å². The second-order valence-corrected chi connectivity index (χ2v) is 9.33. The number of nitrogens with one attached hydrogen (secondary N) is 2. The van der Waals surface area contributed by atoms with Crippen LogP contribution >= 0.6 is 0 Å². The van der Waals surface area contributed by atoms with Gasteiger partial charge in [0.05, 0.1) is 13.7 Å². The SMILES string of the molecule is CCOc1cc(CCCNC(=NC)NC2CCCC(S(=O)CC)C2)ccc1OC. The second-order valence-electron chi connectivity index (χ2n) is 7.32. The zero-order chi connectivity index (χ0) is 21.1. The molecule has 164 valence electrons. The lowest BCUT2D eigenvalue weighted by Gasteiger charge is -2.30. The average Bonchev–Trinajstić information content (AvgIpc) is 2.75. The van der Waals surface area contributed by atoms with Crippen LogP contribution in [0, 0.1) is 0 Å². The highest BCUT2D eigenvalue weighted by Crippen LogP contribution is 2.28. The topological polar surface area (TPSA) is 72.0 Å². The third kappa shape index (κ3) is 7.53. The first-order valence-corrected chi connectivity index (χ1v) is 12.1. The molecule has 1 aliphatic carbocycles. The van der Waals surface area contributed by atoms with E-state index in [1.165, 1.54) is 5.56 Å². The van der Waals surface area contributed by atoms with Gasteiger partial charge in [-0.25, -0.2) is 0 Å². The van der Waals surface area contributed by atoms with Crippen molar-refractivity contribution in [2.24, 2.45) is 4.99 Å². The molecule has 0 saturated heterocycles. The first kappa shape index (κ1) is 23.5. The van der Waals surface area contributed by atoms with Crippen molar-refractivity contribution in [3.8, 4) is 11.5 Å². The number of methoxy groups -OCH3 is 1. The number of rotatable bonds is 10. The smallest absolute Gasteiger partial charge is 0.191 e. The molecule has 0 amide bonds. The lowest BCUT2D eigenvalue weighted by molar-refractivity contribution is 0.310. The Morgan fingerprint density at radius 1 is 1.28 bits per heavy atom. The number of aryl methyl sites for hydroxylation is 1. The fourth-order valence-electron chi connectivity index (χ4n) is 3.78. The van der Waals surface area contributed by atoms with Crippen molar-refractivity contribution in [3.63, 3.8) is 0 Å². The van der Waals surface area contributed by atoms with E-state index in [1.807, 2.05) is 19.9 Å². The van der Waals surface area contributed by atoms with E-state index in [1.54, 1.807) is 14.2 Å². The average molecular weight is 424 g/mol. The number of hydrogen-bond acceptors (Lipinski definition) is 4. The van der Waals surface area contributed by atoms with E-state index in [2.05, 4.69) is 27.8 Å². The summed E-state index contributed by atoms with van der Waals surface area (Å²) in [5.74, 6) is 3.16. The van der Waals surface area contributed by atoms with E-state index in [0.717, 1.165) is 68.3 Å². The van der Waals surface area contributed by atoms with Crippen LogP contribution in [0.3, 0.4) is 0 Å². The summed E-state index contributed by atoms with van der Waals surface area (Å²) in [6, 6.07) is 6.47. The molecule has 1 aromatic rings. The fraction of sp³-hybridized carbons (Fsp3) is 0.682. The van der Waals surface area contributed by atoms with Gasteiger partial charge in [-0.05, 0) is 56.7 Å². The number of nitrogens with zero attached hydrogens (tertiary/aromatic N) is 1. The normalized spacial score (nSPS) is 20.8. The number of guanidine groups is 1. The van der Waals surface area contributed by atoms with Crippen molar-refractivity contribution >= 4 is 16.8 Å². The maximum Gasteiger partial charge on any atom is 0.191 e. The summed E-state index contributed by atoms with van der Waals surface area (Å²) in [7, 11) is 2.76. The molecule has 3 atom stereocenters. The van der Waals surface area contributed by atoms with Crippen LogP contribution in [-0.2, 0) is 17.2 Å². The second kappa shape index (κ2) is 12.7. The summed E-state index contributed by atoms with van der Waals surface area (Å²) < 4.78 is 23.1. The Bertz CT molecular complexity index is 681. The van der Waals surface area contributed by atoms with Gasteiger partial charge in [0, 0.05) is 41.4 Å². The first-order chi connectivity index (χ1) is 14.1. The molecule has 3 unspecified atom stereocenters. The van der Waals surface area contributed by atoms with Gasteiger partial charge in [0.25, 0.3) is 0 Å².